The van der Waals surface area contributed by atoms with Gasteiger partial charge in [-0.2, -0.15) is 5.10 Å². The van der Waals surface area contributed by atoms with Crippen LogP contribution in [0.15, 0.2) is 47.7 Å². The first-order valence-electron chi connectivity index (χ1n) is 10.1. The van der Waals surface area contributed by atoms with E-state index in [1.54, 1.807) is 6.20 Å². The van der Waals surface area contributed by atoms with Crippen LogP contribution in [-0.4, -0.2) is 78.4 Å². The van der Waals surface area contributed by atoms with Crippen LogP contribution in [0.1, 0.15) is 25.5 Å². The number of benzene rings is 1. The Morgan fingerprint density at radius 2 is 2.14 bits per heavy atom. The fraction of sp³-hybridized carbons (Fsp3) is 0.524. The van der Waals surface area contributed by atoms with Gasteiger partial charge in [-0.05, 0) is 51.7 Å². The molecule has 152 valence electrons. The minimum absolute atomic E-state index is 0.139. The Balaban J connectivity index is 1.67. The van der Waals surface area contributed by atoms with Crippen molar-refractivity contribution in [1.82, 2.24) is 30.2 Å². The first-order chi connectivity index (χ1) is 13.6. The van der Waals surface area contributed by atoms with Crippen LogP contribution in [0.25, 0.3) is 5.69 Å². The molecule has 2 heterocycles. The maximum atomic E-state index is 4.87. The summed E-state index contributed by atoms with van der Waals surface area (Å²) >= 11 is 0. The fourth-order valence-corrected chi connectivity index (χ4v) is 3.46. The summed E-state index contributed by atoms with van der Waals surface area (Å²) in [5.74, 6) is 0.862. The van der Waals surface area contributed by atoms with Crippen molar-refractivity contribution < 1.29 is 0 Å². The van der Waals surface area contributed by atoms with Crippen LogP contribution in [0.5, 0.6) is 0 Å². The molecule has 2 unspecified atom stereocenters. The minimum Gasteiger partial charge on any atom is -0.357 e. The highest BCUT2D eigenvalue weighted by atomic mass is 15.3. The highest BCUT2D eigenvalue weighted by Gasteiger charge is 2.22. The van der Waals surface area contributed by atoms with Gasteiger partial charge in [0.05, 0.1) is 18.3 Å². The summed E-state index contributed by atoms with van der Waals surface area (Å²) in [6.45, 7) is 9.16. The molecule has 7 nitrogen and oxygen atoms in total. The number of guanidine groups is 1. The maximum absolute atomic E-state index is 4.87. The van der Waals surface area contributed by atoms with Gasteiger partial charge >= 0.3 is 0 Å². The first-order valence-corrected chi connectivity index (χ1v) is 10.1. The van der Waals surface area contributed by atoms with E-state index in [4.69, 9.17) is 4.99 Å². The average Bonchev–Trinajstić information content (AvgIpc) is 3.23. The minimum atomic E-state index is 0.139. The molecule has 28 heavy (non-hydrogen) atoms. The van der Waals surface area contributed by atoms with E-state index in [1.807, 2.05) is 16.9 Å². The molecule has 1 aromatic carbocycles. The molecule has 1 fully saturated rings. The van der Waals surface area contributed by atoms with Crippen LogP contribution in [0.4, 0.5) is 0 Å². The zero-order chi connectivity index (χ0) is 19.9. The number of aromatic nitrogens is 2. The zero-order valence-corrected chi connectivity index (χ0v) is 17.5. The van der Waals surface area contributed by atoms with Gasteiger partial charge in [0, 0.05) is 44.6 Å². The number of hydrogen-bond donors (Lipinski definition) is 2. The Kier molecular flexibility index (Phi) is 7.06. The Bertz CT molecular complexity index is 756. The van der Waals surface area contributed by atoms with Gasteiger partial charge < -0.3 is 15.5 Å². The quantitative estimate of drug-likeness (QED) is 0.588. The molecular formula is C21H33N7. The first kappa shape index (κ1) is 20.4. The summed E-state index contributed by atoms with van der Waals surface area (Å²) in [6, 6.07) is 11.0. The molecule has 0 saturated carbocycles. The molecule has 0 spiro atoms. The monoisotopic (exact) mass is 383 g/mol. The second kappa shape index (κ2) is 9.71. The Morgan fingerprint density at radius 3 is 2.89 bits per heavy atom. The number of piperazine rings is 1. The van der Waals surface area contributed by atoms with Crippen LogP contribution < -0.4 is 10.6 Å². The standard InChI is InChI=1S/C21H33N7/c1-5-22-21(23-15-20-16-26(3)12-13-27(20)4)25-17(2)18-8-6-9-19(14-18)28-11-7-10-24-28/h6-11,14,17,20H,5,12-13,15-16H2,1-4H3,(H2,22,23,25). The molecule has 2 N–H and O–H groups in total. The van der Waals surface area contributed by atoms with Crippen molar-refractivity contribution >= 4 is 5.96 Å². The smallest absolute Gasteiger partial charge is 0.191 e. The van der Waals surface area contributed by atoms with Crippen molar-refractivity contribution in [1.29, 1.82) is 0 Å². The molecule has 7 heteroatoms. The fourth-order valence-electron chi connectivity index (χ4n) is 3.46. The summed E-state index contributed by atoms with van der Waals surface area (Å²) < 4.78 is 1.88. The summed E-state index contributed by atoms with van der Waals surface area (Å²) in [5.41, 5.74) is 2.26. The van der Waals surface area contributed by atoms with Gasteiger partial charge in [-0.15, -0.1) is 0 Å². The van der Waals surface area contributed by atoms with Crippen LogP contribution in [-0.2, 0) is 0 Å². The zero-order valence-electron chi connectivity index (χ0n) is 17.5. The topological polar surface area (TPSA) is 60.7 Å². The van der Waals surface area contributed by atoms with E-state index < -0.39 is 0 Å². The van der Waals surface area contributed by atoms with Crippen molar-refractivity contribution in [2.45, 2.75) is 25.9 Å². The summed E-state index contributed by atoms with van der Waals surface area (Å²) in [7, 11) is 4.37. The van der Waals surface area contributed by atoms with Gasteiger partial charge in [-0.3, -0.25) is 9.89 Å². The lowest BCUT2D eigenvalue weighted by molar-refractivity contribution is 0.119. The van der Waals surface area contributed by atoms with E-state index >= 15 is 0 Å². The SMILES string of the molecule is CCNC(=NCC1CN(C)CCN1C)NC(C)c1cccc(-n2cccn2)c1. The maximum Gasteiger partial charge on any atom is 0.191 e. The van der Waals surface area contributed by atoms with Crippen molar-refractivity contribution in [3.8, 4) is 5.69 Å². The van der Waals surface area contributed by atoms with Crippen molar-refractivity contribution in [3.05, 3.63) is 48.3 Å². The van der Waals surface area contributed by atoms with Gasteiger partial charge in [-0.1, -0.05) is 12.1 Å². The molecular weight excluding hydrogens is 350 g/mol. The average molecular weight is 384 g/mol. The molecule has 3 rings (SSSR count). The van der Waals surface area contributed by atoms with Gasteiger partial charge in [0.25, 0.3) is 0 Å². The molecule has 1 aliphatic rings. The van der Waals surface area contributed by atoms with Crippen LogP contribution in [0.3, 0.4) is 0 Å². The summed E-state index contributed by atoms with van der Waals surface area (Å²) in [5, 5.41) is 11.3. The van der Waals surface area contributed by atoms with E-state index in [0.29, 0.717) is 6.04 Å². The van der Waals surface area contributed by atoms with Crippen molar-refractivity contribution in [3.63, 3.8) is 0 Å². The molecule has 2 aromatic rings. The van der Waals surface area contributed by atoms with Crippen LogP contribution in [0.2, 0.25) is 0 Å². The number of nitrogens with one attached hydrogen (secondary N) is 2. The molecule has 0 radical (unpaired) electrons. The second-order valence-corrected chi connectivity index (χ2v) is 7.53. The largest absolute Gasteiger partial charge is 0.357 e. The molecule has 2 atom stereocenters. The lowest BCUT2D eigenvalue weighted by Gasteiger charge is -2.37. The van der Waals surface area contributed by atoms with Crippen LogP contribution >= 0.6 is 0 Å². The molecule has 0 aliphatic carbocycles. The Labute approximate surface area is 168 Å². The van der Waals surface area contributed by atoms with Crippen molar-refractivity contribution in [2.75, 3.05) is 46.8 Å². The molecule has 1 saturated heterocycles. The van der Waals surface area contributed by atoms with Crippen LogP contribution in [0, 0.1) is 0 Å². The van der Waals surface area contributed by atoms with Gasteiger partial charge in [0.15, 0.2) is 5.96 Å². The predicted octanol–water partition coefficient (Wildman–Crippen LogP) is 1.73. The highest BCUT2D eigenvalue weighted by molar-refractivity contribution is 5.80. The highest BCUT2D eigenvalue weighted by Crippen LogP contribution is 2.16. The van der Waals surface area contributed by atoms with E-state index in [-0.39, 0.29) is 6.04 Å². The molecule has 0 bridgehead atoms. The Morgan fingerprint density at radius 1 is 1.29 bits per heavy atom. The van der Waals surface area contributed by atoms with E-state index in [0.717, 1.165) is 44.4 Å². The predicted molar refractivity (Wildman–Crippen MR) is 115 cm³/mol. The summed E-state index contributed by atoms with van der Waals surface area (Å²) in [4.78, 5) is 9.65. The number of nitrogens with zero attached hydrogens (tertiary/aromatic N) is 5. The number of rotatable bonds is 6. The number of hydrogen-bond acceptors (Lipinski definition) is 4. The number of likely N-dealkylation sites (N-methyl/N-ethyl adjacent to an activating group) is 2. The normalized spacial score (nSPS) is 20.1. The molecule has 0 amide bonds. The van der Waals surface area contributed by atoms with Gasteiger partial charge in [0.1, 0.15) is 0 Å². The number of aliphatic imine (C=N–C) groups is 1. The van der Waals surface area contributed by atoms with Gasteiger partial charge in [0.2, 0.25) is 0 Å². The van der Waals surface area contributed by atoms with Crippen molar-refractivity contribution in [2.24, 2.45) is 4.99 Å². The lowest BCUT2D eigenvalue weighted by Crippen LogP contribution is -2.51. The van der Waals surface area contributed by atoms with Gasteiger partial charge in [-0.25, -0.2) is 4.68 Å². The Hall–Kier alpha value is -2.38. The molecule has 1 aromatic heterocycles. The third kappa shape index (κ3) is 5.33. The summed E-state index contributed by atoms with van der Waals surface area (Å²) in [6.07, 6.45) is 3.75. The third-order valence-electron chi connectivity index (χ3n) is 5.28. The third-order valence-corrected chi connectivity index (χ3v) is 5.28. The second-order valence-electron chi connectivity index (χ2n) is 7.53. The van der Waals surface area contributed by atoms with E-state index in [2.05, 4.69) is 77.7 Å². The van der Waals surface area contributed by atoms with E-state index in [1.165, 1.54) is 5.56 Å². The van der Waals surface area contributed by atoms with E-state index in [9.17, 15) is 0 Å². The molecule has 1 aliphatic heterocycles. The lowest BCUT2D eigenvalue weighted by atomic mass is 10.1.